The van der Waals surface area contributed by atoms with Gasteiger partial charge in [0.25, 0.3) is 0 Å². The smallest absolute Gasteiger partial charge is 0.406 e. The predicted octanol–water partition coefficient (Wildman–Crippen LogP) is 4.71. The number of nitrogens with zero attached hydrogens (tertiary/aromatic N) is 4. The molecule has 1 aliphatic heterocycles. The molecule has 1 aliphatic rings. The van der Waals surface area contributed by atoms with Crippen LogP contribution in [0.3, 0.4) is 0 Å². The summed E-state index contributed by atoms with van der Waals surface area (Å²) in [5.74, 6) is 0.835. The van der Waals surface area contributed by atoms with Gasteiger partial charge in [0.2, 0.25) is 10.0 Å². The Bertz CT molecular complexity index is 1470. The number of hydrogen-bond acceptors (Lipinski definition) is 6. The maximum atomic E-state index is 13.1. The molecule has 7 nitrogen and oxygen atoms in total. The number of benzene rings is 3. The zero-order valence-electron chi connectivity index (χ0n) is 18.9. The van der Waals surface area contributed by atoms with Gasteiger partial charge in [-0.3, -0.25) is 0 Å². The third-order valence-corrected chi connectivity index (χ3v) is 7.76. The average molecular weight is 515 g/mol. The minimum absolute atomic E-state index is 0.0932. The molecule has 0 amide bonds. The van der Waals surface area contributed by atoms with E-state index in [4.69, 9.17) is 9.97 Å². The quantitative estimate of drug-likeness (QED) is 0.384. The van der Waals surface area contributed by atoms with Crippen molar-refractivity contribution in [2.24, 2.45) is 0 Å². The van der Waals surface area contributed by atoms with Crippen molar-refractivity contribution in [3.8, 4) is 17.1 Å². The molecule has 1 aromatic heterocycles. The first-order valence-electron chi connectivity index (χ1n) is 11.1. The molecule has 0 aliphatic carbocycles. The Hall–Kier alpha value is -3.70. The summed E-state index contributed by atoms with van der Waals surface area (Å²) in [4.78, 5) is 11.5. The summed E-state index contributed by atoms with van der Waals surface area (Å²) < 4.78 is 68.5. The Morgan fingerprint density at radius 2 is 1.42 bits per heavy atom. The number of halogens is 3. The maximum absolute atomic E-state index is 13.1. The van der Waals surface area contributed by atoms with Crippen molar-refractivity contribution in [2.45, 2.75) is 11.3 Å². The zero-order chi connectivity index (χ0) is 25.3. The molecule has 5 rings (SSSR count). The molecule has 0 saturated carbocycles. The number of para-hydroxylation sites is 1. The summed E-state index contributed by atoms with van der Waals surface area (Å²) in [5, 5.41) is 0.869. The number of rotatable bonds is 5. The molecule has 0 N–H and O–H groups in total. The van der Waals surface area contributed by atoms with E-state index < -0.39 is 22.1 Å². The van der Waals surface area contributed by atoms with Crippen LogP contribution in [0.5, 0.6) is 5.75 Å². The fourth-order valence-corrected chi connectivity index (χ4v) is 5.54. The Balaban J connectivity index is 1.37. The van der Waals surface area contributed by atoms with E-state index in [1.54, 1.807) is 0 Å². The van der Waals surface area contributed by atoms with Crippen LogP contribution in [0.1, 0.15) is 0 Å². The van der Waals surface area contributed by atoms with Gasteiger partial charge in [0.15, 0.2) is 5.82 Å². The lowest BCUT2D eigenvalue weighted by molar-refractivity contribution is -0.274. The molecule has 0 atom stereocenters. The first-order valence-corrected chi connectivity index (χ1v) is 12.6. The molecule has 0 radical (unpaired) electrons. The van der Waals surface area contributed by atoms with Crippen molar-refractivity contribution < 1.29 is 26.3 Å². The summed E-state index contributed by atoms with van der Waals surface area (Å²) in [5.41, 5.74) is 1.67. The van der Waals surface area contributed by atoms with Crippen LogP contribution in [0.4, 0.5) is 19.0 Å². The second kappa shape index (κ2) is 9.40. The van der Waals surface area contributed by atoms with Gasteiger partial charge in [-0.05, 0) is 36.4 Å². The number of aromatic nitrogens is 2. The first kappa shape index (κ1) is 24.0. The summed E-state index contributed by atoms with van der Waals surface area (Å²) in [6.07, 6.45) is -4.84. The highest BCUT2D eigenvalue weighted by Crippen LogP contribution is 2.30. The van der Waals surface area contributed by atoms with Crippen LogP contribution in [0.15, 0.2) is 83.8 Å². The monoisotopic (exact) mass is 514 g/mol. The number of anilines is 1. The third-order valence-electron chi connectivity index (χ3n) is 5.85. The zero-order valence-corrected chi connectivity index (χ0v) is 19.7. The van der Waals surface area contributed by atoms with Crippen LogP contribution >= 0.6 is 0 Å². The van der Waals surface area contributed by atoms with Gasteiger partial charge >= 0.3 is 6.36 Å². The van der Waals surface area contributed by atoms with Gasteiger partial charge in [-0.15, -0.1) is 13.2 Å². The maximum Gasteiger partial charge on any atom is 0.573 e. The molecular weight excluding hydrogens is 493 g/mol. The molecule has 4 aromatic rings. The van der Waals surface area contributed by atoms with E-state index in [1.807, 2.05) is 59.5 Å². The highest BCUT2D eigenvalue weighted by molar-refractivity contribution is 7.89. The summed E-state index contributed by atoms with van der Waals surface area (Å²) in [7, 11) is -3.88. The van der Waals surface area contributed by atoms with Crippen LogP contribution in [0.25, 0.3) is 22.3 Å². The van der Waals surface area contributed by atoms with Crippen molar-refractivity contribution in [1.29, 1.82) is 0 Å². The fraction of sp³-hybridized carbons (Fsp3) is 0.200. The van der Waals surface area contributed by atoms with E-state index in [0.29, 0.717) is 18.9 Å². The minimum Gasteiger partial charge on any atom is -0.406 e. The standard InChI is InChI=1S/C25H21F3N4O3S/c26-25(27,28)35-19-10-12-20(13-11-19)36(33,34)32-16-14-31(15-17-32)24-21-8-4-5-9-22(21)29-23(30-24)18-6-2-1-3-7-18/h1-13H,14-17H2. The summed E-state index contributed by atoms with van der Waals surface area (Å²) in [6, 6.07) is 21.5. The number of sulfonamides is 1. The highest BCUT2D eigenvalue weighted by atomic mass is 32.2. The molecule has 36 heavy (non-hydrogen) atoms. The van der Waals surface area contributed by atoms with Gasteiger partial charge in [0.1, 0.15) is 11.6 Å². The van der Waals surface area contributed by atoms with Gasteiger partial charge < -0.3 is 9.64 Å². The average Bonchev–Trinajstić information content (AvgIpc) is 2.88. The van der Waals surface area contributed by atoms with Crippen molar-refractivity contribution in [1.82, 2.24) is 14.3 Å². The molecule has 0 spiro atoms. The van der Waals surface area contributed by atoms with E-state index in [0.717, 1.165) is 46.5 Å². The Labute approximate surface area is 205 Å². The molecule has 0 unspecified atom stereocenters. The van der Waals surface area contributed by atoms with Gasteiger partial charge in [0, 0.05) is 37.1 Å². The van der Waals surface area contributed by atoms with Crippen LogP contribution in [-0.2, 0) is 10.0 Å². The van der Waals surface area contributed by atoms with Crippen LogP contribution < -0.4 is 9.64 Å². The number of hydrogen-bond donors (Lipinski definition) is 0. The normalized spacial score (nSPS) is 15.2. The summed E-state index contributed by atoms with van der Waals surface area (Å²) >= 11 is 0. The lowest BCUT2D eigenvalue weighted by atomic mass is 10.1. The Morgan fingerprint density at radius 3 is 2.08 bits per heavy atom. The Kier molecular flexibility index (Phi) is 6.27. The highest BCUT2D eigenvalue weighted by Gasteiger charge is 2.32. The van der Waals surface area contributed by atoms with Gasteiger partial charge in [0.05, 0.1) is 10.4 Å². The number of piperazine rings is 1. The molecular formula is C25H21F3N4O3S. The van der Waals surface area contributed by atoms with Gasteiger partial charge in [-0.25, -0.2) is 18.4 Å². The second-order valence-corrected chi connectivity index (χ2v) is 10.1. The van der Waals surface area contributed by atoms with Crippen molar-refractivity contribution in [3.63, 3.8) is 0 Å². The molecule has 186 valence electrons. The van der Waals surface area contributed by atoms with Crippen molar-refractivity contribution in [3.05, 3.63) is 78.9 Å². The van der Waals surface area contributed by atoms with E-state index in [2.05, 4.69) is 4.74 Å². The molecule has 0 bridgehead atoms. The minimum atomic E-state index is -4.84. The fourth-order valence-electron chi connectivity index (χ4n) is 4.12. The Morgan fingerprint density at radius 1 is 0.778 bits per heavy atom. The SMILES string of the molecule is O=S(=O)(c1ccc(OC(F)(F)F)cc1)N1CCN(c2nc(-c3ccccc3)nc3ccccc23)CC1. The van der Waals surface area contributed by atoms with E-state index in [9.17, 15) is 21.6 Å². The second-order valence-electron chi connectivity index (χ2n) is 8.16. The molecule has 1 fully saturated rings. The van der Waals surface area contributed by atoms with Crippen LogP contribution in [0.2, 0.25) is 0 Å². The topological polar surface area (TPSA) is 75.6 Å². The van der Waals surface area contributed by atoms with E-state index in [1.165, 1.54) is 4.31 Å². The van der Waals surface area contributed by atoms with E-state index >= 15 is 0 Å². The molecule has 2 heterocycles. The largest absolute Gasteiger partial charge is 0.573 e. The van der Waals surface area contributed by atoms with Gasteiger partial charge in [-0.1, -0.05) is 42.5 Å². The predicted molar refractivity (Wildman–Crippen MR) is 129 cm³/mol. The van der Waals surface area contributed by atoms with Crippen molar-refractivity contribution in [2.75, 3.05) is 31.1 Å². The number of fused-ring (bicyclic) bond motifs is 1. The van der Waals surface area contributed by atoms with Gasteiger partial charge in [-0.2, -0.15) is 4.31 Å². The lowest BCUT2D eigenvalue weighted by Gasteiger charge is -2.35. The summed E-state index contributed by atoms with van der Waals surface area (Å²) in [6.45, 7) is 1.18. The van der Waals surface area contributed by atoms with Crippen molar-refractivity contribution >= 4 is 26.7 Å². The van der Waals surface area contributed by atoms with E-state index in [-0.39, 0.29) is 18.0 Å². The number of alkyl halides is 3. The lowest BCUT2D eigenvalue weighted by Crippen LogP contribution is -2.49. The number of ether oxygens (including phenoxy) is 1. The molecule has 1 saturated heterocycles. The third kappa shape index (κ3) is 4.98. The van der Waals surface area contributed by atoms with Crippen LogP contribution in [0, 0.1) is 0 Å². The molecule has 11 heteroatoms. The first-order chi connectivity index (χ1) is 17.2. The van der Waals surface area contributed by atoms with Crippen LogP contribution in [-0.4, -0.2) is 55.2 Å². The molecule has 3 aromatic carbocycles.